The van der Waals surface area contributed by atoms with Gasteiger partial charge in [0.25, 0.3) is 5.56 Å². The van der Waals surface area contributed by atoms with Crippen LogP contribution in [0.15, 0.2) is 53.3 Å². The molecular formula is C22H24N4O4. The van der Waals surface area contributed by atoms with Crippen molar-refractivity contribution in [3.05, 3.63) is 81.4 Å². The first-order chi connectivity index (χ1) is 14.3. The zero-order valence-electron chi connectivity index (χ0n) is 17.1. The van der Waals surface area contributed by atoms with Crippen molar-refractivity contribution in [2.45, 2.75) is 40.0 Å². The molecule has 2 amide bonds. The molecular weight excluding hydrogens is 384 g/mol. The number of carbonyl (C=O) groups is 2. The summed E-state index contributed by atoms with van der Waals surface area (Å²) in [7, 11) is 0. The first-order valence-corrected chi connectivity index (χ1v) is 9.62. The number of rotatable bonds is 6. The molecule has 2 N–H and O–H groups in total. The summed E-state index contributed by atoms with van der Waals surface area (Å²) in [6, 6.07) is 13.3. The van der Waals surface area contributed by atoms with Gasteiger partial charge in [-0.05, 0) is 50.6 Å². The number of esters is 1. The van der Waals surface area contributed by atoms with E-state index in [1.54, 1.807) is 30.3 Å². The Bertz CT molecular complexity index is 1120. The van der Waals surface area contributed by atoms with Gasteiger partial charge in [0.15, 0.2) is 0 Å². The van der Waals surface area contributed by atoms with Crippen molar-refractivity contribution >= 4 is 17.6 Å². The highest BCUT2D eigenvalue weighted by Gasteiger charge is 2.10. The van der Waals surface area contributed by atoms with Crippen LogP contribution in [0.2, 0.25) is 0 Å². The van der Waals surface area contributed by atoms with Crippen molar-refractivity contribution in [3.8, 4) is 0 Å². The summed E-state index contributed by atoms with van der Waals surface area (Å²) in [6.07, 6.45) is 0. The molecule has 8 nitrogen and oxygen atoms in total. The molecule has 0 bridgehead atoms. The fourth-order valence-corrected chi connectivity index (χ4v) is 2.91. The maximum Gasteiger partial charge on any atom is 0.338 e. The molecule has 0 aliphatic carbocycles. The smallest absolute Gasteiger partial charge is 0.338 e. The van der Waals surface area contributed by atoms with Gasteiger partial charge in [-0.25, -0.2) is 14.6 Å². The van der Waals surface area contributed by atoms with Crippen molar-refractivity contribution in [1.82, 2.24) is 20.0 Å². The molecule has 0 aliphatic heterocycles. The highest BCUT2D eigenvalue weighted by molar-refractivity contribution is 5.89. The Morgan fingerprint density at radius 3 is 2.57 bits per heavy atom. The zero-order chi connectivity index (χ0) is 21.7. The number of hydrogen-bond acceptors (Lipinski definition) is 5. The van der Waals surface area contributed by atoms with Crippen LogP contribution in [0.1, 0.15) is 41.2 Å². The topological polar surface area (TPSA) is 102 Å². The Hall–Kier alpha value is -3.68. The number of pyridine rings is 1. The summed E-state index contributed by atoms with van der Waals surface area (Å²) in [4.78, 5) is 40.6. The number of aromatic nitrogens is 2. The Kier molecular flexibility index (Phi) is 6.46. The molecule has 1 aromatic carbocycles. The van der Waals surface area contributed by atoms with E-state index in [9.17, 15) is 14.4 Å². The average Bonchev–Trinajstić information content (AvgIpc) is 2.70. The van der Waals surface area contributed by atoms with Gasteiger partial charge in [-0.15, -0.1) is 0 Å². The maximum atomic E-state index is 12.3. The van der Waals surface area contributed by atoms with Crippen molar-refractivity contribution in [2.75, 3.05) is 0 Å². The third-order valence-electron chi connectivity index (χ3n) is 4.35. The number of nitrogens with one attached hydrogen (secondary N) is 2. The van der Waals surface area contributed by atoms with Crippen LogP contribution in [0.5, 0.6) is 0 Å². The summed E-state index contributed by atoms with van der Waals surface area (Å²) in [6.45, 7) is 5.83. The molecule has 2 heterocycles. The molecule has 0 aliphatic rings. The lowest BCUT2D eigenvalue weighted by Crippen LogP contribution is -2.39. The molecule has 3 aromatic rings. The third-order valence-corrected chi connectivity index (χ3v) is 4.35. The summed E-state index contributed by atoms with van der Waals surface area (Å²) in [5, 5.41) is 5.48. The molecule has 30 heavy (non-hydrogen) atoms. The first kappa shape index (κ1) is 21.0. The molecule has 8 heteroatoms. The summed E-state index contributed by atoms with van der Waals surface area (Å²) >= 11 is 0. The second-order valence-electron chi connectivity index (χ2n) is 7.20. The van der Waals surface area contributed by atoms with E-state index >= 15 is 0 Å². The summed E-state index contributed by atoms with van der Waals surface area (Å²) in [5.74, 6) is -0.515. The minimum Gasteiger partial charge on any atom is -0.456 e. The van der Waals surface area contributed by atoms with Gasteiger partial charge < -0.3 is 15.4 Å². The standard InChI is InChI=1S/C22H24N4O4/c1-14(2)24-22(29)23-12-16-7-9-17(10-8-16)21(28)30-13-18-11-20(27)26-15(3)5-4-6-19(26)25-18/h4-11,14H,12-13H2,1-3H3,(H2,23,24,29). The Morgan fingerprint density at radius 1 is 1.13 bits per heavy atom. The van der Waals surface area contributed by atoms with Crippen LogP contribution in [0.25, 0.3) is 5.65 Å². The highest BCUT2D eigenvalue weighted by Crippen LogP contribution is 2.09. The van der Waals surface area contributed by atoms with E-state index in [0.717, 1.165) is 11.3 Å². The van der Waals surface area contributed by atoms with Crippen molar-refractivity contribution in [1.29, 1.82) is 0 Å². The van der Waals surface area contributed by atoms with E-state index < -0.39 is 5.97 Å². The molecule has 156 valence electrons. The molecule has 0 atom stereocenters. The number of aryl methyl sites for hydroxylation is 1. The Balaban J connectivity index is 1.59. The van der Waals surface area contributed by atoms with Crippen molar-refractivity contribution in [2.24, 2.45) is 0 Å². The van der Waals surface area contributed by atoms with Crippen LogP contribution >= 0.6 is 0 Å². The minimum atomic E-state index is -0.515. The number of fused-ring (bicyclic) bond motifs is 1. The molecule has 0 fully saturated rings. The van der Waals surface area contributed by atoms with Gasteiger partial charge in [0.05, 0.1) is 11.3 Å². The van der Waals surface area contributed by atoms with Crippen LogP contribution in [0.4, 0.5) is 4.79 Å². The minimum absolute atomic E-state index is 0.0551. The number of carbonyl (C=O) groups excluding carboxylic acids is 2. The Labute approximate surface area is 173 Å². The van der Waals surface area contributed by atoms with E-state index in [2.05, 4.69) is 15.6 Å². The van der Waals surface area contributed by atoms with Crippen LogP contribution in [-0.4, -0.2) is 27.4 Å². The van der Waals surface area contributed by atoms with Gasteiger partial charge in [0.2, 0.25) is 0 Å². The lowest BCUT2D eigenvalue weighted by atomic mass is 10.1. The second kappa shape index (κ2) is 9.21. The number of benzene rings is 1. The first-order valence-electron chi connectivity index (χ1n) is 9.62. The van der Waals surface area contributed by atoms with E-state index in [-0.39, 0.29) is 24.2 Å². The number of ether oxygens (including phenoxy) is 1. The number of hydrogen-bond donors (Lipinski definition) is 2. The second-order valence-corrected chi connectivity index (χ2v) is 7.20. The van der Waals surface area contributed by atoms with Crippen molar-refractivity contribution in [3.63, 3.8) is 0 Å². The number of nitrogens with zero attached hydrogens (tertiary/aromatic N) is 2. The molecule has 0 saturated heterocycles. The quantitative estimate of drug-likeness (QED) is 0.611. The molecule has 0 radical (unpaired) electrons. The lowest BCUT2D eigenvalue weighted by molar-refractivity contribution is 0.0467. The molecule has 0 unspecified atom stereocenters. The SMILES string of the molecule is Cc1cccc2nc(COC(=O)c3ccc(CNC(=O)NC(C)C)cc3)cc(=O)n12. The predicted molar refractivity (Wildman–Crippen MR) is 112 cm³/mol. The predicted octanol–water partition coefficient (Wildman–Crippen LogP) is 2.57. The summed E-state index contributed by atoms with van der Waals surface area (Å²) < 4.78 is 6.80. The van der Waals surface area contributed by atoms with Gasteiger partial charge in [0, 0.05) is 24.3 Å². The fraction of sp³-hybridized carbons (Fsp3) is 0.273. The van der Waals surface area contributed by atoms with Gasteiger partial charge in [-0.3, -0.25) is 9.20 Å². The highest BCUT2D eigenvalue weighted by atomic mass is 16.5. The third kappa shape index (κ3) is 5.22. The molecule has 0 saturated carbocycles. The molecule has 0 spiro atoms. The normalized spacial score (nSPS) is 10.8. The largest absolute Gasteiger partial charge is 0.456 e. The number of amides is 2. The van der Waals surface area contributed by atoms with Gasteiger partial charge >= 0.3 is 12.0 Å². The zero-order valence-corrected chi connectivity index (χ0v) is 17.1. The van der Waals surface area contributed by atoms with E-state index in [0.29, 0.717) is 23.4 Å². The van der Waals surface area contributed by atoms with E-state index in [1.807, 2.05) is 32.9 Å². The van der Waals surface area contributed by atoms with Gasteiger partial charge in [-0.1, -0.05) is 18.2 Å². The van der Waals surface area contributed by atoms with Crippen LogP contribution < -0.4 is 16.2 Å². The van der Waals surface area contributed by atoms with E-state index in [1.165, 1.54) is 10.5 Å². The number of urea groups is 1. The molecule has 2 aromatic heterocycles. The van der Waals surface area contributed by atoms with Gasteiger partial charge in [0.1, 0.15) is 12.3 Å². The fourth-order valence-electron chi connectivity index (χ4n) is 2.91. The van der Waals surface area contributed by atoms with Crippen LogP contribution in [0.3, 0.4) is 0 Å². The maximum absolute atomic E-state index is 12.3. The lowest BCUT2D eigenvalue weighted by Gasteiger charge is -2.10. The average molecular weight is 408 g/mol. The Morgan fingerprint density at radius 2 is 1.87 bits per heavy atom. The van der Waals surface area contributed by atoms with Gasteiger partial charge in [-0.2, -0.15) is 0 Å². The van der Waals surface area contributed by atoms with Crippen LogP contribution in [-0.2, 0) is 17.9 Å². The van der Waals surface area contributed by atoms with Crippen LogP contribution in [0, 0.1) is 6.92 Å². The monoisotopic (exact) mass is 408 g/mol. The van der Waals surface area contributed by atoms with Crippen molar-refractivity contribution < 1.29 is 14.3 Å². The molecule has 3 rings (SSSR count). The van der Waals surface area contributed by atoms with E-state index in [4.69, 9.17) is 4.74 Å². The summed E-state index contributed by atoms with van der Waals surface area (Å²) in [5.41, 5.74) is 2.68.